The predicted octanol–water partition coefficient (Wildman–Crippen LogP) is 4.82. The monoisotopic (exact) mass is 561 g/mol. The van der Waals surface area contributed by atoms with Gasteiger partial charge in [0.05, 0.1) is 17.0 Å². The highest BCUT2D eigenvalue weighted by molar-refractivity contribution is 8.76. The standard InChI is InChI=1S/C30H31N3O4S2/c34-28(27(17-20-9-2-1-3-10-20)39-38-19-22-12-6-7-16-31-22)32-24-18-21-11-4-5-13-23(21)25-14-8-15-26(30(36)37)33(25)29(24)35/h1-7,9-13,16,24-27H,8,14-15,17-19H2,(H,32,34)(H,36,37)/t24-,25+,26-,27-/m0/s1. The summed E-state index contributed by atoms with van der Waals surface area (Å²) < 4.78 is 0. The van der Waals surface area contributed by atoms with Gasteiger partial charge in [0.15, 0.2) is 0 Å². The fraction of sp³-hybridized carbons (Fsp3) is 0.333. The van der Waals surface area contributed by atoms with Gasteiger partial charge in [-0.2, -0.15) is 0 Å². The van der Waals surface area contributed by atoms with E-state index in [1.165, 1.54) is 15.7 Å². The van der Waals surface area contributed by atoms with Gasteiger partial charge in [-0.25, -0.2) is 4.79 Å². The Morgan fingerprint density at radius 3 is 2.56 bits per heavy atom. The van der Waals surface area contributed by atoms with Crippen molar-refractivity contribution in [1.82, 2.24) is 15.2 Å². The molecule has 3 heterocycles. The van der Waals surface area contributed by atoms with Crippen molar-refractivity contribution in [2.24, 2.45) is 0 Å². The van der Waals surface area contributed by atoms with Crippen molar-refractivity contribution in [3.8, 4) is 0 Å². The summed E-state index contributed by atoms with van der Waals surface area (Å²) in [4.78, 5) is 45.7. The minimum Gasteiger partial charge on any atom is -0.480 e. The van der Waals surface area contributed by atoms with Gasteiger partial charge >= 0.3 is 5.97 Å². The molecule has 0 saturated carbocycles. The number of amides is 2. The van der Waals surface area contributed by atoms with E-state index in [2.05, 4.69) is 10.3 Å². The van der Waals surface area contributed by atoms with E-state index in [0.717, 1.165) is 28.8 Å². The Kier molecular flexibility index (Phi) is 8.88. The van der Waals surface area contributed by atoms with Crippen molar-refractivity contribution in [3.63, 3.8) is 0 Å². The summed E-state index contributed by atoms with van der Waals surface area (Å²) in [6.07, 6.45) is 4.46. The normalized spacial score (nSPS) is 21.3. The Morgan fingerprint density at radius 2 is 1.79 bits per heavy atom. The number of fused-ring (bicyclic) bond motifs is 3. The van der Waals surface area contributed by atoms with Gasteiger partial charge in [0, 0.05) is 18.4 Å². The van der Waals surface area contributed by atoms with Crippen molar-refractivity contribution in [3.05, 3.63) is 101 Å². The van der Waals surface area contributed by atoms with E-state index < -0.39 is 23.3 Å². The largest absolute Gasteiger partial charge is 0.480 e. The molecule has 0 spiro atoms. The number of pyridine rings is 1. The number of carbonyl (C=O) groups is 3. The Morgan fingerprint density at radius 1 is 1.03 bits per heavy atom. The molecule has 9 heteroatoms. The maximum absolute atomic E-state index is 13.9. The van der Waals surface area contributed by atoms with Gasteiger partial charge in [0.25, 0.3) is 0 Å². The molecule has 1 fully saturated rings. The van der Waals surface area contributed by atoms with Crippen molar-refractivity contribution < 1.29 is 19.5 Å². The highest BCUT2D eigenvalue weighted by atomic mass is 33.1. The van der Waals surface area contributed by atoms with Crippen LogP contribution in [0.1, 0.15) is 47.7 Å². The van der Waals surface area contributed by atoms with Gasteiger partial charge < -0.3 is 15.3 Å². The van der Waals surface area contributed by atoms with Crippen LogP contribution in [0.4, 0.5) is 0 Å². The first-order valence-electron chi connectivity index (χ1n) is 13.2. The number of carboxylic acids is 1. The smallest absolute Gasteiger partial charge is 0.326 e. The van der Waals surface area contributed by atoms with Gasteiger partial charge in [-0.1, -0.05) is 82.3 Å². The lowest BCUT2D eigenvalue weighted by molar-refractivity contribution is -0.156. The third kappa shape index (κ3) is 6.47. The van der Waals surface area contributed by atoms with Gasteiger partial charge in [-0.3, -0.25) is 14.6 Å². The highest BCUT2D eigenvalue weighted by Crippen LogP contribution is 2.39. The fourth-order valence-corrected chi connectivity index (χ4v) is 7.89. The predicted molar refractivity (Wildman–Crippen MR) is 154 cm³/mol. The number of nitrogens with one attached hydrogen (secondary N) is 1. The number of benzene rings is 2. The van der Waals surface area contributed by atoms with Crippen LogP contribution < -0.4 is 5.32 Å². The van der Waals surface area contributed by atoms with E-state index in [9.17, 15) is 19.5 Å². The van der Waals surface area contributed by atoms with E-state index in [0.29, 0.717) is 31.4 Å². The Balaban J connectivity index is 1.37. The molecule has 3 aromatic rings. The van der Waals surface area contributed by atoms with Crippen molar-refractivity contribution in [1.29, 1.82) is 0 Å². The average Bonchev–Trinajstić information content (AvgIpc) is 3.08. The topological polar surface area (TPSA) is 99.6 Å². The Labute approximate surface area is 236 Å². The number of carboxylic acid groups (broad SMARTS) is 1. The van der Waals surface area contributed by atoms with Crippen LogP contribution in [0.15, 0.2) is 79.0 Å². The Bertz CT molecular complexity index is 1310. The minimum absolute atomic E-state index is 0.226. The third-order valence-corrected chi connectivity index (χ3v) is 9.91. The quantitative estimate of drug-likeness (QED) is 0.361. The second-order valence-corrected chi connectivity index (χ2v) is 12.4. The lowest BCUT2D eigenvalue weighted by Gasteiger charge is -2.40. The first-order chi connectivity index (χ1) is 19.0. The van der Waals surface area contributed by atoms with Gasteiger partial charge in [-0.05, 0) is 54.5 Å². The van der Waals surface area contributed by atoms with Crippen LogP contribution >= 0.6 is 21.6 Å². The molecule has 1 saturated heterocycles. The average molecular weight is 562 g/mol. The van der Waals surface area contributed by atoms with Crippen molar-refractivity contribution >= 4 is 39.4 Å². The first-order valence-corrected chi connectivity index (χ1v) is 15.5. The second kappa shape index (κ2) is 12.7. The summed E-state index contributed by atoms with van der Waals surface area (Å²) in [7, 11) is 3.03. The highest BCUT2D eigenvalue weighted by Gasteiger charge is 2.44. The zero-order valence-corrected chi connectivity index (χ0v) is 23.1. The van der Waals surface area contributed by atoms with E-state index >= 15 is 0 Å². The van der Waals surface area contributed by atoms with E-state index in [1.54, 1.807) is 17.0 Å². The van der Waals surface area contributed by atoms with Crippen LogP contribution in [0.3, 0.4) is 0 Å². The zero-order chi connectivity index (χ0) is 27.2. The molecule has 39 heavy (non-hydrogen) atoms. The molecule has 2 amide bonds. The van der Waals surface area contributed by atoms with E-state index in [-0.39, 0.29) is 17.9 Å². The molecule has 5 rings (SSSR count). The summed E-state index contributed by atoms with van der Waals surface area (Å²) >= 11 is 0. The molecule has 2 aliphatic heterocycles. The SMILES string of the molecule is O=C(N[C@H]1Cc2ccccc2[C@H]2CCC[C@@H](C(=O)O)N2C1=O)[C@H](Cc1ccccc1)SSCc1ccccn1. The van der Waals surface area contributed by atoms with Crippen molar-refractivity contribution in [2.75, 3.05) is 0 Å². The second-order valence-electron chi connectivity index (χ2n) is 9.87. The number of carbonyl (C=O) groups excluding carboxylic acids is 2. The van der Waals surface area contributed by atoms with Gasteiger partial charge in [-0.15, -0.1) is 0 Å². The van der Waals surface area contributed by atoms with Crippen LogP contribution in [0, 0.1) is 0 Å². The van der Waals surface area contributed by atoms with Crippen molar-refractivity contribution in [2.45, 2.75) is 61.2 Å². The summed E-state index contributed by atoms with van der Waals surface area (Å²) in [5.74, 6) is -0.895. The minimum atomic E-state index is -0.999. The molecule has 2 aromatic carbocycles. The molecule has 4 atom stereocenters. The lowest BCUT2D eigenvalue weighted by Crippen LogP contribution is -2.56. The van der Waals surface area contributed by atoms with Crippen LogP contribution in [0.5, 0.6) is 0 Å². The lowest BCUT2D eigenvalue weighted by atomic mass is 9.89. The maximum Gasteiger partial charge on any atom is 0.326 e. The molecule has 1 aromatic heterocycles. The fourth-order valence-electron chi connectivity index (χ4n) is 5.42. The molecular weight excluding hydrogens is 530 g/mol. The number of aromatic nitrogens is 1. The number of rotatable bonds is 9. The Hall–Kier alpha value is -3.30. The number of nitrogens with zero attached hydrogens (tertiary/aromatic N) is 2. The zero-order valence-electron chi connectivity index (χ0n) is 21.4. The molecule has 0 bridgehead atoms. The molecule has 0 radical (unpaired) electrons. The summed E-state index contributed by atoms with van der Waals surface area (Å²) in [5, 5.41) is 12.5. The number of piperidine rings is 1. The van der Waals surface area contributed by atoms with E-state index in [1.807, 2.05) is 72.8 Å². The molecule has 7 nitrogen and oxygen atoms in total. The van der Waals surface area contributed by atoms with E-state index in [4.69, 9.17) is 0 Å². The molecule has 0 unspecified atom stereocenters. The number of hydrogen-bond donors (Lipinski definition) is 2. The first kappa shape index (κ1) is 27.3. The maximum atomic E-state index is 13.9. The molecule has 0 aliphatic carbocycles. The summed E-state index contributed by atoms with van der Waals surface area (Å²) in [6.45, 7) is 0. The number of aliphatic carboxylic acids is 1. The van der Waals surface area contributed by atoms with Crippen LogP contribution in [-0.2, 0) is 33.0 Å². The molecule has 2 aliphatic rings. The van der Waals surface area contributed by atoms with Crippen LogP contribution in [0.2, 0.25) is 0 Å². The van der Waals surface area contributed by atoms with Gasteiger partial charge in [0.2, 0.25) is 11.8 Å². The third-order valence-electron chi connectivity index (χ3n) is 7.29. The van der Waals surface area contributed by atoms with Crippen LogP contribution in [-0.4, -0.2) is 50.1 Å². The molecule has 2 N–H and O–H groups in total. The molecular formula is C30H31N3O4S2. The molecule has 202 valence electrons. The number of hydrogen-bond acceptors (Lipinski definition) is 6. The summed E-state index contributed by atoms with van der Waals surface area (Å²) in [5.41, 5.74) is 3.92. The van der Waals surface area contributed by atoms with Gasteiger partial charge in [0.1, 0.15) is 12.1 Å². The summed E-state index contributed by atoms with van der Waals surface area (Å²) in [6, 6.07) is 21.4. The van der Waals surface area contributed by atoms with Crippen LogP contribution in [0.25, 0.3) is 0 Å².